The molecule has 1 aliphatic rings. The summed E-state index contributed by atoms with van der Waals surface area (Å²) in [5.41, 5.74) is -1.94. The Labute approximate surface area is 196 Å². The largest absolute Gasteiger partial charge is 0.507 e. The number of aliphatic hydroxyl groups excluding tert-OH is 1. The molecule has 4 aromatic rings. The first kappa shape index (κ1) is 22.5. The number of para-hydroxylation sites is 1. The summed E-state index contributed by atoms with van der Waals surface area (Å²) in [5.74, 6) is -3.10. The zero-order valence-electron chi connectivity index (χ0n) is 18.0. The lowest BCUT2D eigenvalue weighted by Crippen LogP contribution is -2.25. The number of alkyl halides is 3. The van der Waals surface area contributed by atoms with Crippen LogP contribution in [0.1, 0.15) is 33.7 Å². The predicted octanol–water partition coefficient (Wildman–Crippen LogP) is 5.74. The molecule has 1 aliphatic carbocycles. The minimum absolute atomic E-state index is 0.0695. The van der Waals surface area contributed by atoms with E-state index in [-0.39, 0.29) is 28.5 Å². The highest BCUT2D eigenvalue weighted by atomic mass is 19.4. The van der Waals surface area contributed by atoms with E-state index in [1.54, 1.807) is 36.4 Å². The topological polar surface area (TPSA) is 87.7 Å². The van der Waals surface area contributed by atoms with Crippen molar-refractivity contribution in [3.8, 4) is 5.75 Å². The Hall–Kier alpha value is -4.33. The molecule has 0 saturated carbocycles. The van der Waals surface area contributed by atoms with Gasteiger partial charge in [-0.05, 0) is 29.3 Å². The standard InChI is InChI=1S/C27H17F3O5/c28-27(29,30)16-8-5-7-15(12-16)21(22-19(31)13-14-6-1-2-9-17(14)24(22)32)23-25(33)18-10-3-4-11-20(18)35-26(23)34/h1-12,21,32-33H,13H2. The fraction of sp³-hybridized carbons (Fsp3) is 0.111. The van der Waals surface area contributed by atoms with Crippen molar-refractivity contribution in [3.05, 3.63) is 117 Å². The van der Waals surface area contributed by atoms with Crippen LogP contribution in [0.15, 0.2) is 87.6 Å². The molecular weight excluding hydrogens is 461 g/mol. The van der Waals surface area contributed by atoms with Gasteiger partial charge in [0.25, 0.3) is 0 Å². The van der Waals surface area contributed by atoms with E-state index in [2.05, 4.69) is 0 Å². The van der Waals surface area contributed by atoms with Crippen LogP contribution in [0.25, 0.3) is 16.7 Å². The number of hydrogen-bond acceptors (Lipinski definition) is 5. The molecule has 1 atom stereocenters. The average Bonchev–Trinajstić information content (AvgIpc) is 2.82. The number of allylic oxidation sites excluding steroid dienone is 1. The van der Waals surface area contributed by atoms with Crippen LogP contribution in [0, 0.1) is 0 Å². The van der Waals surface area contributed by atoms with Crippen molar-refractivity contribution >= 4 is 22.5 Å². The first-order valence-corrected chi connectivity index (χ1v) is 10.6. The normalized spacial score (nSPS) is 14.8. The monoisotopic (exact) mass is 478 g/mol. The number of Topliss-reactive ketones (excluding diaryl/α,β-unsaturated/α-hetero) is 1. The van der Waals surface area contributed by atoms with Crippen LogP contribution in [0.5, 0.6) is 5.75 Å². The van der Waals surface area contributed by atoms with E-state index in [0.29, 0.717) is 11.1 Å². The third kappa shape index (κ3) is 3.77. The minimum atomic E-state index is -4.70. The maximum Gasteiger partial charge on any atom is 0.416 e. The first-order valence-electron chi connectivity index (χ1n) is 10.6. The molecule has 2 N–H and O–H groups in total. The summed E-state index contributed by atoms with van der Waals surface area (Å²) in [7, 11) is 0. The Bertz CT molecular complexity index is 1580. The highest BCUT2D eigenvalue weighted by Gasteiger charge is 2.38. The number of ketones is 1. The number of carbonyl (C=O) groups is 1. The Balaban J connectivity index is 1.86. The van der Waals surface area contributed by atoms with Gasteiger partial charge in [-0.2, -0.15) is 13.2 Å². The van der Waals surface area contributed by atoms with Crippen molar-refractivity contribution in [1.82, 2.24) is 0 Å². The number of aromatic hydroxyl groups is 1. The number of benzene rings is 3. The van der Waals surface area contributed by atoms with Gasteiger partial charge in [0, 0.05) is 12.0 Å². The number of carbonyl (C=O) groups excluding carboxylic acids is 1. The fourth-order valence-electron chi connectivity index (χ4n) is 4.52. The van der Waals surface area contributed by atoms with E-state index >= 15 is 0 Å². The molecule has 35 heavy (non-hydrogen) atoms. The summed E-state index contributed by atoms with van der Waals surface area (Å²) in [4.78, 5) is 26.4. The quantitative estimate of drug-likeness (QED) is 0.367. The molecule has 3 aromatic carbocycles. The van der Waals surface area contributed by atoms with Gasteiger partial charge in [0.15, 0.2) is 5.78 Å². The van der Waals surface area contributed by atoms with Gasteiger partial charge < -0.3 is 14.6 Å². The summed E-state index contributed by atoms with van der Waals surface area (Å²) in [6.07, 6.45) is -4.83. The molecule has 1 heterocycles. The van der Waals surface area contributed by atoms with Crippen molar-refractivity contribution in [2.24, 2.45) is 0 Å². The summed E-state index contributed by atoms with van der Waals surface area (Å²) < 4.78 is 46.0. The zero-order valence-corrected chi connectivity index (χ0v) is 18.0. The van der Waals surface area contributed by atoms with Crippen LogP contribution >= 0.6 is 0 Å². The van der Waals surface area contributed by atoms with Gasteiger partial charge in [0.2, 0.25) is 0 Å². The molecule has 5 rings (SSSR count). The molecule has 0 amide bonds. The molecule has 0 spiro atoms. The highest BCUT2D eigenvalue weighted by molar-refractivity contribution is 6.07. The van der Waals surface area contributed by atoms with E-state index in [1.165, 1.54) is 18.2 Å². The molecule has 5 nitrogen and oxygen atoms in total. The SMILES string of the molecule is O=C1Cc2ccccc2C(O)=C1C(c1cccc(C(F)(F)F)c1)c1c(O)c2ccccc2oc1=O. The van der Waals surface area contributed by atoms with Gasteiger partial charge >= 0.3 is 11.8 Å². The Morgan fingerprint density at radius 1 is 0.886 bits per heavy atom. The van der Waals surface area contributed by atoms with Gasteiger partial charge in [-0.3, -0.25) is 4.79 Å². The van der Waals surface area contributed by atoms with Crippen LogP contribution in [0.4, 0.5) is 13.2 Å². The second-order valence-electron chi connectivity index (χ2n) is 8.22. The molecule has 0 radical (unpaired) electrons. The molecule has 8 heteroatoms. The lowest BCUT2D eigenvalue weighted by molar-refractivity contribution is -0.137. The molecule has 1 unspecified atom stereocenters. The summed E-state index contributed by atoms with van der Waals surface area (Å²) in [5, 5.41) is 22.4. The summed E-state index contributed by atoms with van der Waals surface area (Å²) >= 11 is 0. The van der Waals surface area contributed by atoms with Gasteiger partial charge in [0.1, 0.15) is 17.1 Å². The van der Waals surface area contributed by atoms with E-state index in [4.69, 9.17) is 4.42 Å². The first-order chi connectivity index (χ1) is 16.7. The van der Waals surface area contributed by atoms with Crippen molar-refractivity contribution in [3.63, 3.8) is 0 Å². The van der Waals surface area contributed by atoms with Crippen LogP contribution in [0.3, 0.4) is 0 Å². The number of aliphatic hydroxyl groups is 1. The van der Waals surface area contributed by atoms with Crippen LogP contribution in [0.2, 0.25) is 0 Å². The summed E-state index contributed by atoms with van der Waals surface area (Å²) in [6.45, 7) is 0. The van der Waals surface area contributed by atoms with E-state index < -0.39 is 46.1 Å². The molecule has 0 saturated heterocycles. The molecule has 1 aromatic heterocycles. The number of hydrogen-bond donors (Lipinski definition) is 2. The highest BCUT2D eigenvalue weighted by Crippen LogP contribution is 2.44. The van der Waals surface area contributed by atoms with Gasteiger partial charge in [0.05, 0.1) is 28.0 Å². The number of halogens is 3. The van der Waals surface area contributed by atoms with E-state index in [9.17, 15) is 33.0 Å². The van der Waals surface area contributed by atoms with Crippen molar-refractivity contribution in [1.29, 1.82) is 0 Å². The number of rotatable bonds is 3. The van der Waals surface area contributed by atoms with Crippen molar-refractivity contribution in [2.75, 3.05) is 0 Å². The molecule has 0 fully saturated rings. The van der Waals surface area contributed by atoms with Crippen molar-refractivity contribution < 1.29 is 32.6 Å². The minimum Gasteiger partial charge on any atom is -0.507 e. The average molecular weight is 478 g/mol. The van der Waals surface area contributed by atoms with E-state index in [1.807, 2.05) is 0 Å². The van der Waals surface area contributed by atoms with Gasteiger partial charge in [-0.1, -0.05) is 54.6 Å². The lowest BCUT2D eigenvalue weighted by Gasteiger charge is -2.26. The molecule has 0 aliphatic heterocycles. The van der Waals surface area contributed by atoms with Crippen LogP contribution in [-0.4, -0.2) is 16.0 Å². The third-order valence-electron chi connectivity index (χ3n) is 6.12. The predicted molar refractivity (Wildman–Crippen MR) is 122 cm³/mol. The molecule has 0 bridgehead atoms. The fourth-order valence-corrected chi connectivity index (χ4v) is 4.52. The maximum atomic E-state index is 13.5. The Morgan fingerprint density at radius 2 is 1.60 bits per heavy atom. The zero-order chi connectivity index (χ0) is 24.9. The maximum absolute atomic E-state index is 13.5. The second kappa shape index (κ2) is 8.16. The van der Waals surface area contributed by atoms with Crippen LogP contribution < -0.4 is 5.63 Å². The van der Waals surface area contributed by atoms with Crippen molar-refractivity contribution in [2.45, 2.75) is 18.5 Å². The molecule has 176 valence electrons. The number of fused-ring (bicyclic) bond motifs is 2. The summed E-state index contributed by atoms with van der Waals surface area (Å²) in [6, 6.07) is 16.8. The Kier molecular flexibility index (Phi) is 5.24. The lowest BCUT2D eigenvalue weighted by atomic mass is 9.76. The Morgan fingerprint density at radius 3 is 2.37 bits per heavy atom. The molecular formula is C27H17F3O5. The third-order valence-corrected chi connectivity index (χ3v) is 6.12. The second-order valence-corrected chi connectivity index (χ2v) is 8.22. The van der Waals surface area contributed by atoms with E-state index in [0.717, 1.165) is 18.2 Å². The smallest absolute Gasteiger partial charge is 0.416 e. The van der Waals surface area contributed by atoms with Crippen LogP contribution in [-0.2, 0) is 17.4 Å². The van der Waals surface area contributed by atoms with Gasteiger partial charge in [-0.15, -0.1) is 0 Å². The van der Waals surface area contributed by atoms with Gasteiger partial charge in [-0.25, -0.2) is 4.79 Å².